The van der Waals surface area contributed by atoms with Crippen molar-refractivity contribution in [1.29, 1.82) is 0 Å². The zero-order chi connectivity index (χ0) is 19.3. The van der Waals surface area contributed by atoms with Crippen LogP contribution in [0.5, 0.6) is 0 Å². The third-order valence-electron chi connectivity index (χ3n) is 4.53. The summed E-state index contributed by atoms with van der Waals surface area (Å²) in [5.41, 5.74) is 11.8. The summed E-state index contributed by atoms with van der Waals surface area (Å²) in [6, 6.07) is 8.76. The molecular formula is C19H17FN4O2S. The number of hydrogen-bond donors (Lipinski definition) is 2. The highest BCUT2D eigenvalue weighted by Gasteiger charge is 2.31. The Morgan fingerprint density at radius 2 is 1.96 bits per heavy atom. The fourth-order valence-electron chi connectivity index (χ4n) is 3.03. The summed E-state index contributed by atoms with van der Waals surface area (Å²) in [6.45, 7) is 1.97. The molecule has 0 spiro atoms. The van der Waals surface area contributed by atoms with Crippen molar-refractivity contribution in [1.82, 2.24) is 9.55 Å². The summed E-state index contributed by atoms with van der Waals surface area (Å²) in [7, 11) is 0. The number of benzene rings is 1. The number of anilines is 1. The van der Waals surface area contributed by atoms with E-state index in [9.17, 15) is 14.0 Å². The predicted octanol–water partition coefficient (Wildman–Crippen LogP) is 3.01. The molecule has 1 fully saturated rings. The zero-order valence-electron chi connectivity index (χ0n) is 14.5. The van der Waals surface area contributed by atoms with Crippen LogP contribution in [-0.2, 0) is 0 Å². The van der Waals surface area contributed by atoms with Crippen LogP contribution >= 0.6 is 11.8 Å². The maximum atomic E-state index is 14.7. The van der Waals surface area contributed by atoms with Crippen molar-refractivity contribution in [2.24, 2.45) is 5.73 Å². The van der Waals surface area contributed by atoms with Gasteiger partial charge < -0.3 is 16.0 Å². The minimum Gasteiger partial charge on any atom is -0.384 e. The highest BCUT2D eigenvalue weighted by molar-refractivity contribution is 7.99. The average Bonchev–Trinajstić information content (AvgIpc) is 3.43. The normalized spacial score (nSPS) is 13.9. The first-order chi connectivity index (χ1) is 12.9. The lowest BCUT2D eigenvalue weighted by atomic mass is 10.1. The van der Waals surface area contributed by atoms with E-state index in [1.807, 2.05) is 31.2 Å². The lowest BCUT2D eigenvalue weighted by Gasteiger charge is -2.16. The number of carbonyl (C=O) groups excluding carboxylic acids is 1. The molecule has 0 atom stereocenters. The maximum Gasteiger partial charge on any atom is 0.256 e. The number of aromatic nitrogens is 2. The van der Waals surface area contributed by atoms with Gasteiger partial charge in [0.15, 0.2) is 5.82 Å². The van der Waals surface area contributed by atoms with E-state index in [2.05, 4.69) is 4.98 Å². The van der Waals surface area contributed by atoms with Crippen LogP contribution in [0, 0.1) is 12.7 Å². The molecule has 1 aromatic carbocycles. The number of pyridine rings is 2. The fourth-order valence-corrected chi connectivity index (χ4v) is 3.81. The van der Waals surface area contributed by atoms with Gasteiger partial charge in [-0.3, -0.25) is 9.59 Å². The van der Waals surface area contributed by atoms with Gasteiger partial charge in [0.25, 0.3) is 5.91 Å². The van der Waals surface area contributed by atoms with E-state index in [0.717, 1.165) is 29.4 Å². The van der Waals surface area contributed by atoms with Crippen molar-refractivity contribution >= 4 is 34.5 Å². The first-order valence-electron chi connectivity index (χ1n) is 8.45. The first-order valence-corrected chi connectivity index (χ1v) is 9.27. The Hall–Kier alpha value is -2.87. The minimum atomic E-state index is -0.924. The second-order valence-electron chi connectivity index (χ2n) is 6.62. The summed E-state index contributed by atoms with van der Waals surface area (Å²) in [4.78, 5) is 29.6. The molecular weight excluding hydrogens is 367 g/mol. The molecule has 0 radical (unpaired) electrons. The van der Waals surface area contributed by atoms with Crippen LogP contribution in [0.4, 0.5) is 10.2 Å². The molecule has 1 aliphatic carbocycles. The van der Waals surface area contributed by atoms with E-state index in [1.54, 1.807) is 4.57 Å². The number of amides is 1. The molecule has 0 bridgehead atoms. The van der Waals surface area contributed by atoms with Crippen molar-refractivity contribution in [3.05, 3.63) is 57.5 Å². The molecule has 1 saturated carbocycles. The van der Waals surface area contributed by atoms with Crippen LogP contribution in [0.15, 0.2) is 45.0 Å². The lowest BCUT2D eigenvalue weighted by Crippen LogP contribution is -2.28. The van der Waals surface area contributed by atoms with Gasteiger partial charge in [-0.2, -0.15) is 0 Å². The Morgan fingerprint density at radius 3 is 2.56 bits per heavy atom. The van der Waals surface area contributed by atoms with Crippen molar-refractivity contribution in [3.63, 3.8) is 0 Å². The van der Waals surface area contributed by atoms with Crippen LogP contribution in [0.25, 0.3) is 11.0 Å². The van der Waals surface area contributed by atoms with Gasteiger partial charge in [-0.05, 0) is 38.0 Å². The number of halogens is 1. The number of nitrogens with two attached hydrogens (primary N) is 2. The van der Waals surface area contributed by atoms with E-state index in [-0.39, 0.29) is 33.5 Å². The van der Waals surface area contributed by atoms with Gasteiger partial charge in [0.1, 0.15) is 22.1 Å². The van der Waals surface area contributed by atoms with Crippen LogP contribution in [0.1, 0.15) is 34.8 Å². The van der Waals surface area contributed by atoms with Crippen LogP contribution in [0.3, 0.4) is 0 Å². The molecule has 1 amide bonds. The molecule has 138 valence electrons. The van der Waals surface area contributed by atoms with Gasteiger partial charge in [0.05, 0.1) is 5.39 Å². The number of nitrogen functional groups attached to an aromatic ring is 1. The quantitative estimate of drug-likeness (QED) is 0.720. The molecule has 27 heavy (non-hydrogen) atoms. The smallest absolute Gasteiger partial charge is 0.256 e. The number of carbonyl (C=O) groups is 1. The Bertz CT molecular complexity index is 1140. The Labute approximate surface area is 158 Å². The third kappa shape index (κ3) is 3.06. The van der Waals surface area contributed by atoms with Crippen molar-refractivity contribution in [2.45, 2.75) is 35.7 Å². The zero-order valence-corrected chi connectivity index (χ0v) is 15.3. The minimum absolute atomic E-state index is 0.00658. The number of hydrogen-bond acceptors (Lipinski definition) is 5. The largest absolute Gasteiger partial charge is 0.384 e. The van der Waals surface area contributed by atoms with E-state index in [4.69, 9.17) is 11.5 Å². The summed E-state index contributed by atoms with van der Waals surface area (Å²) in [5.74, 6) is -1.56. The van der Waals surface area contributed by atoms with Gasteiger partial charge in [-0.25, -0.2) is 9.37 Å². The monoisotopic (exact) mass is 384 g/mol. The molecule has 4 N–H and O–H groups in total. The topological polar surface area (TPSA) is 104 Å². The highest BCUT2D eigenvalue weighted by atomic mass is 32.2. The number of aryl methyl sites for hydroxylation is 1. The molecule has 0 unspecified atom stereocenters. The van der Waals surface area contributed by atoms with E-state index in [0.29, 0.717) is 0 Å². The Kier molecular flexibility index (Phi) is 4.15. The molecule has 2 aromatic heterocycles. The van der Waals surface area contributed by atoms with E-state index in [1.165, 1.54) is 11.8 Å². The fraction of sp³-hybridized carbons (Fsp3) is 0.211. The van der Waals surface area contributed by atoms with Crippen molar-refractivity contribution in [2.75, 3.05) is 5.73 Å². The van der Waals surface area contributed by atoms with Gasteiger partial charge in [-0.15, -0.1) is 0 Å². The molecule has 3 aromatic rings. The number of rotatable bonds is 4. The van der Waals surface area contributed by atoms with Crippen molar-refractivity contribution < 1.29 is 9.18 Å². The first kappa shape index (κ1) is 17.5. The van der Waals surface area contributed by atoms with Crippen molar-refractivity contribution in [3.8, 4) is 0 Å². The lowest BCUT2D eigenvalue weighted by molar-refractivity contribution is 0.0999. The number of fused-ring (bicyclic) bond motifs is 1. The molecule has 6 nitrogen and oxygen atoms in total. The number of primary amides is 1. The van der Waals surface area contributed by atoms with Gasteiger partial charge in [0.2, 0.25) is 5.43 Å². The summed E-state index contributed by atoms with van der Waals surface area (Å²) < 4.78 is 16.3. The molecule has 0 saturated heterocycles. The van der Waals surface area contributed by atoms with Crippen LogP contribution in [-0.4, -0.2) is 15.5 Å². The molecule has 2 heterocycles. The number of nitrogens with zero attached hydrogens (tertiary/aromatic N) is 2. The van der Waals surface area contributed by atoms with E-state index < -0.39 is 17.2 Å². The average molecular weight is 384 g/mol. The Balaban J connectivity index is 1.94. The predicted molar refractivity (Wildman–Crippen MR) is 102 cm³/mol. The van der Waals surface area contributed by atoms with Crippen LogP contribution < -0.4 is 16.9 Å². The van der Waals surface area contributed by atoms with Gasteiger partial charge in [0, 0.05) is 10.9 Å². The SMILES string of the molecule is Cc1ccc(Sc2nc3c(cc2F)c(=O)c(C(N)=O)c(N)n3C2CC2)cc1. The van der Waals surface area contributed by atoms with Gasteiger partial charge in [-0.1, -0.05) is 29.5 Å². The molecule has 8 heteroatoms. The summed E-state index contributed by atoms with van der Waals surface area (Å²) in [5, 5.41) is 0.155. The second-order valence-corrected chi connectivity index (χ2v) is 7.68. The molecule has 0 aliphatic heterocycles. The van der Waals surface area contributed by atoms with Gasteiger partial charge >= 0.3 is 0 Å². The molecule has 4 rings (SSSR count). The maximum absolute atomic E-state index is 14.7. The van der Waals surface area contributed by atoms with Crippen LogP contribution in [0.2, 0.25) is 0 Å². The summed E-state index contributed by atoms with van der Waals surface area (Å²) in [6.07, 6.45) is 1.69. The molecule has 1 aliphatic rings. The standard InChI is InChI=1S/C19H17FN4O2S/c1-9-2-6-11(7-3-9)27-19-13(20)8-12-15(25)14(17(22)26)16(21)24(10-4-5-10)18(12)23-19/h2-3,6-8,10H,4-5,21H2,1H3,(H2,22,26). The third-order valence-corrected chi connectivity index (χ3v) is 5.52. The highest BCUT2D eigenvalue weighted by Crippen LogP contribution is 2.40. The Morgan fingerprint density at radius 1 is 1.30 bits per heavy atom. The van der Waals surface area contributed by atoms with E-state index >= 15 is 0 Å². The second kappa shape index (κ2) is 6.38. The summed E-state index contributed by atoms with van der Waals surface area (Å²) >= 11 is 1.17.